The molecule has 0 aromatic carbocycles. The first kappa shape index (κ1) is 14.9. The maximum Gasteiger partial charge on any atom is 0.157 e. The van der Waals surface area contributed by atoms with E-state index < -0.39 is 0 Å². The zero-order valence-corrected chi connectivity index (χ0v) is 11.7. The van der Waals surface area contributed by atoms with Crippen molar-refractivity contribution in [2.24, 2.45) is 0 Å². The van der Waals surface area contributed by atoms with Crippen LogP contribution in [0, 0.1) is 0 Å². The van der Waals surface area contributed by atoms with Gasteiger partial charge in [-0.15, -0.1) is 0 Å². The van der Waals surface area contributed by atoms with E-state index in [1.807, 2.05) is 0 Å². The van der Waals surface area contributed by atoms with E-state index in [1.165, 1.54) is 12.8 Å². The quantitative estimate of drug-likeness (QED) is 0.611. The van der Waals surface area contributed by atoms with Gasteiger partial charge in [-0.25, -0.2) is 0 Å². The first-order valence-corrected chi connectivity index (χ1v) is 7.07. The minimum atomic E-state index is 0.00593. The Morgan fingerprint density at radius 1 is 1.24 bits per heavy atom. The van der Waals surface area contributed by atoms with Crippen molar-refractivity contribution < 1.29 is 14.2 Å². The molecule has 0 amide bonds. The lowest BCUT2D eigenvalue weighted by Crippen LogP contribution is -2.30. The predicted molar refractivity (Wildman–Crippen MR) is 69.1 cm³/mol. The van der Waals surface area contributed by atoms with Crippen molar-refractivity contribution in [3.8, 4) is 0 Å². The minimum Gasteiger partial charge on any atom is -0.373 e. The van der Waals surface area contributed by atoms with E-state index in [-0.39, 0.29) is 11.9 Å². The van der Waals surface area contributed by atoms with Crippen LogP contribution in [0.1, 0.15) is 59.3 Å². The Labute approximate surface area is 106 Å². The molecule has 0 aromatic heterocycles. The van der Waals surface area contributed by atoms with Crippen LogP contribution in [0.2, 0.25) is 0 Å². The summed E-state index contributed by atoms with van der Waals surface area (Å²) in [6.45, 7) is 8.72. The van der Waals surface area contributed by atoms with Gasteiger partial charge >= 0.3 is 0 Å². The van der Waals surface area contributed by atoms with E-state index in [0.29, 0.717) is 13.2 Å². The van der Waals surface area contributed by atoms with Gasteiger partial charge in [-0.2, -0.15) is 0 Å². The monoisotopic (exact) mass is 244 g/mol. The number of rotatable bonds is 8. The molecule has 3 heteroatoms. The Morgan fingerprint density at radius 2 is 2.06 bits per heavy atom. The van der Waals surface area contributed by atoms with Gasteiger partial charge in [0.2, 0.25) is 0 Å². The molecule has 1 rings (SSSR count). The van der Waals surface area contributed by atoms with Gasteiger partial charge in [-0.3, -0.25) is 0 Å². The molecular formula is C14H28O3. The van der Waals surface area contributed by atoms with Gasteiger partial charge in [0, 0.05) is 6.61 Å². The minimum absolute atomic E-state index is 0.00593. The summed E-state index contributed by atoms with van der Waals surface area (Å²) < 4.78 is 17.1. The smallest absolute Gasteiger partial charge is 0.157 e. The molecule has 1 heterocycles. The van der Waals surface area contributed by atoms with Crippen LogP contribution in [0.4, 0.5) is 0 Å². The normalized spacial score (nSPS) is 24.5. The van der Waals surface area contributed by atoms with Crippen molar-refractivity contribution in [1.29, 1.82) is 0 Å². The molecule has 1 saturated heterocycles. The van der Waals surface area contributed by atoms with Gasteiger partial charge in [-0.05, 0) is 39.0 Å². The molecule has 2 unspecified atom stereocenters. The number of ether oxygens (including phenoxy) is 3. The molecular weight excluding hydrogens is 216 g/mol. The second kappa shape index (κ2) is 8.06. The molecule has 102 valence electrons. The molecule has 0 bridgehead atoms. The van der Waals surface area contributed by atoms with Gasteiger partial charge in [0.25, 0.3) is 0 Å². The van der Waals surface area contributed by atoms with E-state index in [1.54, 1.807) is 0 Å². The largest absolute Gasteiger partial charge is 0.373 e. The van der Waals surface area contributed by atoms with E-state index in [9.17, 15) is 0 Å². The molecule has 1 fully saturated rings. The molecule has 17 heavy (non-hydrogen) atoms. The second-order valence-electron chi connectivity index (χ2n) is 5.07. The molecule has 0 saturated carbocycles. The Hall–Kier alpha value is -0.120. The molecule has 3 nitrogen and oxygen atoms in total. The molecule has 0 spiro atoms. The molecule has 2 atom stereocenters. The SMILES string of the molecule is CCCC(C)(CC)OCCOC1CCCCO1. The van der Waals surface area contributed by atoms with E-state index in [0.717, 1.165) is 32.3 Å². The fraction of sp³-hybridized carbons (Fsp3) is 1.00. The van der Waals surface area contributed by atoms with Crippen LogP contribution in [0.15, 0.2) is 0 Å². The molecule has 1 aliphatic rings. The highest BCUT2D eigenvalue weighted by atomic mass is 16.7. The first-order valence-electron chi connectivity index (χ1n) is 7.07. The average Bonchev–Trinajstić information content (AvgIpc) is 2.36. The van der Waals surface area contributed by atoms with Crippen molar-refractivity contribution in [2.45, 2.75) is 71.2 Å². The van der Waals surface area contributed by atoms with Gasteiger partial charge < -0.3 is 14.2 Å². The zero-order valence-electron chi connectivity index (χ0n) is 11.7. The van der Waals surface area contributed by atoms with Gasteiger partial charge in [0.1, 0.15) is 0 Å². The molecule has 0 N–H and O–H groups in total. The van der Waals surface area contributed by atoms with Gasteiger partial charge in [0.15, 0.2) is 6.29 Å². The zero-order chi connectivity index (χ0) is 12.6. The van der Waals surface area contributed by atoms with Crippen LogP contribution >= 0.6 is 0 Å². The van der Waals surface area contributed by atoms with E-state index in [2.05, 4.69) is 20.8 Å². The first-order chi connectivity index (χ1) is 8.20. The van der Waals surface area contributed by atoms with Crippen molar-refractivity contribution in [3.63, 3.8) is 0 Å². The molecule has 1 aliphatic heterocycles. The lowest BCUT2D eigenvalue weighted by Gasteiger charge is -2.29. The maximum atomic E-state index is 5.93. The average molecular weight is 244 g/mol. The van der Waals surface area contributed by atoms with Crippen LogP contribution in [-0.2, 0) is 14.2 Å². The van der Waals surface area contributed by atoms with Crippen molar-refractivity contribution in [1.82, 2.24) is 0 Å². The Balaban J connectivity index is 2.09. The molecule has 0 aliphatic carbocycles. The Kier molecular flexibility index (Phi) is 7.09. The standard InChI is InChI=1S/C14H28O3/c1-4-9-14(3,5-2)17-12-11-16-13-8-6-7-10-15-13/h13H,4-12H2,1-3H3. The fourth-order valence-electron chi connectivity index (χ4n) is 2.19. The highest BCUT2D eigenvalue weighted by molar-refractivity contribution is 4.72. The lowest BCUT2D eigenvalue weighted by molar-refractivity contribution is -0.177. The highest BCUT2D eigenvalue weighted by Gasteiger charge is 2.21. The van der Waals surface area contributed by atoms with Gasteiger partial charge in [0.05, 0.1) is 18.8 Å². The summed E-state index contributed by atoms with van der Waals surface area (Å²) in [6.07, 6.45) is 6.75. The Bertz CT molecular complexity index is 190. The van der Waals surface area contributed by atoms with Gasteiger partial charge in [-0.1, -0.05) is 20.3 Å². The summed E-state index contributed by atoms with van der Waals surface area (Å²) in [5.74, 6) is 0. The van der Waals surface area contributed by atoms with E-state index in [4.69, 9.17) is 14.2 Å². The van der Waals surface area contributed by atoms with Crippen LogP contribution in [-0.4, -0.2) is 31.7 Å². The predicted octanol–water partition coefficient (Wildman–Crippen LogP) is 3.52. The van der Waals surface area contributed by atoms with Crippen molar-refractivity contribution in [3.05, 3.63) is 0 Å². The van der Waals surface area contributed by atoms with Crippen LogP contribution in [0.3, 0.4) is 0 Å². The third kappa shape index (κ3) is 5.84. The third-order valence-electron chi connectivity index (χ3n) is 3.50. The van der Waals surface area contributed by atoms with Crippen LogP contribution in [0.5, 0.6) is 0 Å². The summed E-state index contributed by atoms with van der Waals surface area (Å²) >= 11 is 0. The summed E-state index contributed by atoms with van der Waals surface area (Å²) in [5, 5.41) is 0. The maximum absolute atomic E-state index is 5.93. The third-order valence-corrected chi connectivity index (χ3v) is 3.50. The summed E-state index contributed by atoms with van der Waals surface area (Å²) in [4.78, 5) is 0. The topological polar surface area (TPSA) is 27.7 Å². The highest BCUT2D eigenvalue weighted by Crippen LogP contribution is 2.21. The van der Waals surface area contributed by atoms with Crippen molar-refractivity contribution >= 4 is 0 Å². The lowest BCUT2D eigenvalue weighted by atomic mass is 9.97. The summed E-state index contributed by atoms with van der Waals surface area (Å²) in [7, 11) is 0. The number of hydrogen-bond acceptors (Lipinski definition) is 3. The summed E-state index contributed by atoms with van der Waals surface area (Å²) in [5.41, 5.74) is 0.0194. The fourth-order valence-corrected chi connectivity index (χ4v) is 2.19. The second-order valence-corrected chi connectivity index (χ2v) is 5.07. The van der Waals surface area contributed by atoms with Crippen LogP contribution < -0.4 is 0 Å². The molecule has 0 aromatic rings. The van der Waals surface area contributed by atoms with E-state index >= 15 is 0 Å². The Morgan fingerprint density at radius 3 is 2.65 bits per heavy atom. The van der Waals surface area contributed by atoms with Crippen LogP contribution in [0.25, 0.3) is 0 Å². The number of hydrogen-bond donors (Lipinski definition) is 0. The molecule has 0 radical (unpaired) electrons. The summed E-state index contributed by atoms with van der Waals surface area (Å²) in [6, 6.07) is 0. The van der Waals surface area contributed by atoms with Crippen molar-refractivity contribution in [2.75, 3.05) is 19.8 Å².